The van der Waals surface area contributed by atoms with Crippen molar-refractivity contribution in [3.05, 3.63) is 72.3 Å². The van der Waals surface area contributed by atoms with Crippen molar-refractivity contribution in [2.24, 2.45) is 0 Å². The molecule has 29 heavy (non-hydrogen) atoms. The summed E-state index contributed by atoms with van der Waals surface area (Å²) in [5, 5.41) is 15.0. The average molecular weight is 389 g/mol. The molecule has 0 bridgehead atoms. The fourth-order valence-corrected chi connectivity index (χ4v) is 3.60. The third kappa shape index (κ3) is 4.38. The minimum absolute atomic E-state index is 0.00151. The van der Waals surface area contributed by atoms with Crippen LogP contribution >= 0.6 is 0 Å². The molecule has 0 aliphatic carbocycles. The summed E-state index contributed by atoms with van der Waals surface area (Å²) in [6.45, 7) is 2.55. The fourth-order valence-electron chi connectivity index (χ4n) is 3.60. The van der Waals surface area contributed by atoms with Gasteiger partial charge in [-0.05, 0) is 35.0 Å². The van der Waals surface area contributed by atoms with Gasteiger partial charge in [-0.3, -0.25) is 14.5 Å². The summed E-state index contributed by atoms with van der Waals surface area (Å²) in [6.07, 6.45) is 0. The number of benzene rings is 3. The summed E-state index contributed by atoms with van der Waals surface area (Å²) in [5.74, 6) is -0.247. The van der Waals surface area contributed by atoms with Crippen molar-refractivity contribution in [3.63, 3.8) is 0 Å². The van der Waals surface area contributed by atoms with Crippen molar-refractivity contribution in [2.45, 2.75) is 0 Å². The molecule has 1 saturated heterocycles. The fraction of sp³-hybridized carbons (Fsp3) is 0.217. The van der Waals surface area contributed by atoms with Gasteiger partial charge >= 0.3 is 0 Å². The third-order valence-corrected chi connectivity index (χ3v) is 5.18. The minimum Gasteiger partial charge on any atom is -0.507 e. The Bertz CT molecular complexity index is 1030. The number of aromatic hydroxyl groups is 1. The molecule has 148 valence electrons. The summed E-state index contributed by atoms with van der Waals surface area (Å²) >= 11 is 0. The molecule has 1 aliphatic rings. The quantitative estimate of drug-likeness (QED) is 0.720. The van der Waals surface area contributed by atoms with Crippen LogP contribution in [0.25, 0.3) is 10.8 Å². The van der Waals surface area contributed by atoms with Gasteiger partial charge in [-0.15, -0.1) is 0 Å². The van der Waals surface area contributed by atoms with Crippen LogP contribution in [0.5, 0.6) is 5.75 Å². The SMILES string of the molecule is O=C(CN1CCN(C(=O)c2cc3ccccc3cc2O)CC1)Nc1ccccc1. The van der Waals surface area contributed by atoms with Crippen LogP contribution in [0.4, 0.5) is 5.69 Å². The van der Waals surface area contributed by atoms with E-state index in [4.69, 9.17) is 0 Å². The Morgan fingerprint density at radius 2 is 1.48 bits per heavy atom. The van der Waals surface area contributed by atoms with E-state index in [1.165, 1.54) is 0 Å². The maximum atomic E-state index is 12.9. The van der Waals surface area contributed by atoms with Gasteiger partial charge in [0.15, 0.2) is 0 Å². The highest BCUT2D eigenvalue weighted by atomic mass is 16.3. The molecule has 4 rings (SSSR count). The van der Waals surface area contributed by atoms with Crippen LogP contribution in [0.3, 0.4) is 0 Å². The highest BCUT2D eigenvalue weighted by Crippen LogP contribution is 2.26. The highest BCUT2D eigenvalue weighted by Gasteiger charge is 2.25. The van der Waals surface area contributed by atoms with Gasteiger partial charge in [0.2, 0.25) is 5.91 Å². The average Bonchev–Trinajstić information content (AvgIpc) is 2.74. The summed E-state index contributed by atoms with van der Waals surface area (Å²) in [4.78, 5) is 28.9. The topological polar surface area (TPSA) is 72.9 Å². The molecule has 6 heteroatoms. The van der Waals surface area contributed by atoms with Gasteiger partial charge in [0.1, 0.15) is 5.75 Å². The molecule has 0 aromatic heterocycles. The highest BCUT2D eigenvalue weighted by molar-refractivity contribution is 6.01. The maximum Gasteiger partial charge on any atom is 0.257 e. The van der Waals surface area contributed by atoms with Gasteiger partial charge in [-0.2, -0.15) is 0 Å². The van der Waals surface area contributed by atoms with Crippen molar-refractivity contribution in [1.29, 1.82) is 0 Å². The van der Waals surface area contributed by atoms with Crippen LogP contribution in [0.1, 0.15) is 10.4 Å². The van der Waals surface area contributed by atoms with Crippen molar-refractivity contribution in [1.82, 2.24) is 9.80 Å². The first kappa shape index (κ1) is 19.0. The molecule has 1 aliphatic heterocycles. The van der Waals surface area contributed by atoms with Crippen LogP contribution in [0, 0.1) is 0 Å². The van der Waals surface area contributed by atoms with E-state index in [-0.39, 0.29) is 24.1 Å². The lowest BCUT2D eigenvalue weighted by Crippen LogP contribution is -2.50. The molecule has 0 atom stereocenters. The smallest absolute Gasteiger partial charge is 0.257 e. The summed E-state index contributed by atoms with van der Waals surface area (Å²) < 4.78 is 0. The van der Waals surface area contributed by atoms with E-state index in [0.29, 0.717) is 31.7 Å². The molecule has 0 radical (unpaired) electrons. The summed E-state index contributed by atoms with van der Waals surface area (Å²) in [7, 11) is 0. The Balaban J connectivity index is 1.35. The zero-order valence-electron chi connectivity index (χ0n) is 16.0. The Kier molecular flexibility index (Phi) is 5.44. The monoisotopic (exact) mass is 389 g/mol. The predicted octanol–water partition coefficient (Wildman–Crippen LogP) is 2.94. The second-order valence-corrected chi connectivity index (χ2v) is 7.20. The molecule has 6 nitrogen and oxygen atoms in total. The third-order valence-electron chi connectivity index (χ3n) is 5.18. The number of nitrogens with one attached hydrogen (secondary N) is 1. The zero-order chi connectivity index (χ0) is 20.2. The number of phenolic OH excluding ortho intramolecular Hbond substituents is 1. The van der Waals surface area contributed by atoms with E-state index in [2.05, 4.69) is 5.32 Å². The van der Waals surface area contributed by atoms with Crippen LogP contribution in [0.2, 0.25) is 0 Å². The van der Waals surface area contributed by atoms with Crippen molar-refractivity contribution in [2.75, 3.05) is 38.0 Å². The number of hydrogen-bond acceptors (Lipinski definition) is 4. The number of amides is 2. The molecule has 3 aromatic carbocycles. The molecular weight excluding hydrogens is 366 g/mol. The Morgan fingerprint density at radius 3 is 2.17 bits per heavy atom. The van der Waals surface area contributed by atoms with Gasteiger partial charge in [0.05, 0.1) is 12.1 Å². The molecule has 2 N–H and O–H groups in total. The summed E-state index contributed by atoms with van der Waals surface area (Å²) in [5.41, 5.74) is 1.09. The first-order valence-electron chi connectivity index (χ1n) is 9.68. The molecule has 0 spiro atoms. The van der Waals surface area contributed by atoms with E-state index in [0.717, 1.165) is 16.5 Å². The van der Waals surface area contributed by atoms with Gasteiger partial charge in [-0.1, -0.05) is 42.5 Å². The number of hydrogen-bond donors (Lipinski definition) is 2. The van der Waals surface area contributed by atoms with Crippen molar-refractivity contribution < 1.29 is 14.7 Å². The van der Waals surface area contributed by atoms with Crippen molar-refractivity contribution >= 4 is 28.3 Å². The van der Waals surface area contributed by atoms with Crippen LogP contribution in [-0.2, 0) is 4.79 Å². The van der Waals surface area contributed by atoms with E-state index < -0.39 is 0 Å². The predicted molar refractivity (Wildman–Crippen MR) is 113 cm³/mol. The Morgan fingerprint density at radius 1 is 0.862 bits per heavy atom. The van der Waals surface area contributed by atoms with Gasteiger partial charge in [0, 0.05) is 31.9 Å². The number of carbonyl (C=O) groups is 2. The molecule has 2 amide bonds. The van der Waals surface area contributed by atoms with Gasteiger partial charge < -0.3 is 15.3 Å². The number of carbonyl (C=O) groups excluding carboxylic acids is 2. The molecular formula is C23H23N3O3. The second-order valence-electron chi connectivity index (χ2n) is 7.20. The first-order chi connectivity index (χ1) is 14.1. The molecule has 1 heterocycles. The first-order valence-corrected chi connectivity index (χ1v) is 9.68. The number of para-hydroxylation sites is 1. The van der Waals surface area contributed by atoms with E-state index in [1.54, 1.807) is 17.0 Å². The van der Waals surface area contributed by atoms with Crippen LogP contribution in [0.15, 0.2) is 66.7 Å². The lowest BCUT2D eigenvalue weighted by atomic mass is 10.0. The largest absolute Gasteiger partial charge is 0.507 e. The molecule has 1 fully saturated rings. The number of nitrogens with zero attached hydrogens (tertiary/aromatic N) is 2. The standard InChI is InChI=1S/C23H23N3O3/c27-21-15-18-7-5-4-6-17(18)14-20(21)23(29)26-12-10-25(11-13-26)16-22(28)24-19-8-2-1-3-9-19/h1-9,14-15,27H,10-13,16H2,(H,24,28). The second kappa shape index (κ2) is 8.32. The minimum atomic E-state index is -0.179. The zero-order valence-corrected chi connectivity index (χ0v) is 16.0. The lowest BCUT2D eigenvalue weighted by molar-refractivity contribution is -0.117. The number of anilines is 1. The van der Waals surface area contributed by atoms with Crippen LogP contribution < -0.4 is 5.32 Å². The maximum absolute atomic E-state index is 12.9. The molecule has 0 saturated carbocycles. The summed E-state index contributed by atoms with van der Waals surface area (Å²) in [6, 6.07) is 20.4. The lowest BCUT2D eigenvalue weighted by Gasteiger charge is -2.34. The number of rotatable bonds is 4. The molecule has 3 aromatic rings. The number of piperazine rings is 1. The van der Waals surface area contributed by atoms with Gasteiger partial charge in [-0.25, -0.2) is 0 Å². The normalized spacial score (nSPS) is 14.7. The van der Waals surface area contributed by atoms with Gasteiger partial charge in [0.25, 0.3) is 5.91 Å². The number of phenols is 1. The van der Waals surface area contributed by atoms with E-state index in [1.807, 2.05) is 59.5 Å². The Hall–Kier alpha value is -3.38. The van der Waals surface area contributed by atoms with E-state index in [9.17, 15) is 14.7 Å². The Labute approximate surface area is 169 Å². The molecule has 0 unspecified atom stereocenters. The number of fused-ring (bicyclic) bond motifs is 1. The van der Waals surface area contributed by atoms with E-state index >= 15 is 0 Å². The van der Waals surface area contributed by atoms with Crippen molar-refractivity contribution in [3.8, 4) is 5.75 Å². The van der Waals surface area contributed by atoms with Crippen LogP contribution in [-0.4, -0.2) is 59.4 Å².